The van der Waals surface area contributed by atoms with Crippen LogP contribution in [0.5, 0.6) is 0 Å². The molecule has 0 aromatic heterocycles. The molecule has 0 rings (SSSR count). The molecule has 0 saturated carbocycles. The second-order valence-corrected chi connectivity index (χ2v) is 2.71. The van der Waals surface area contributed by atoms with Crippen LogP contribution in [-0.4, -0.2) is 45.2 Å². The summed E-state index contributed by atoms with van der Waals surface area (Å²) in [4.78, 5) is 14.9. The number of nitrogens with zero attached hydrogens (tertiary/aromatic N) is 1. The molecule has 0 unspecified atom stereocenters. The van der Waals surface area contributed by atoms with Crippen LogP contribution in [0.1, 0.15) is 0 Å². The first-order valence-electron chi connectivity index (χ1n) is 4.61. The quantitative estimate of drug-likeness (QED) is 0.191. The summed E-state index contributed by atoms with van der Waals surface area (Å²) in [7, 11) is 1.57. The minimum atomic E-state index is -0.185. The molecule has 0 saturated heterocycles. The minimum absolute atomic E-state index is 0. The number of hydrogen-bond acceptors (Lipinski definition) is 3. The van der Waals surface area contributed by atoms with Gasteiger partial charge >= 0.3 is 0 Å². The van der Waals surface area contributed by atoms with E-state index in [0.29, 0.717) is 19.7 Å². The van der Waals surface area contributed by atoms with E-state index in [1.165, 1.54) is 0 Å². The third-order valence-corrected chi connectivity index (χ3v) is 1.45. The van der Waals surface area contributed by atoms with Gasteiger partial charge in [-0.2, -0.15) is 0 Å². The lowest BCUT2D eigenvalue weighted by Gasteiger charge is -2.03. The number of guanidine groups is 1. The van der Waals surface area contributed by atoms with E-state index in [1.54, 1.807) is 13.2 Å². The molecule has 0 aliphatic rings. The molecule has 6 nitrogen and oxygen atoms in total. The van der Waals surface area contributed by atoms with E-state index in [0.717, 1.165) is 0 Å². The van der Waals surface area contributed by atoms with E-state index in [2.05, 4.69) is 22.2 Å². The van der Waals surface area contributed by atoms with Crippen molar-refractivity contribution < 1.29 is 9.53 Å². The fraction of sp³-hybridized carbons (Fsp3) is 0.556. The molecule has 0 atom stereocenters. The Morgan fingerprint density at radius 1 is 1.56 bits per heavy atom. The van der Waals surface area contributed by atoms with E-state index < -0.39 is 0 Å². The predicted molar refractivity (Wildman–Crippen MR) is 75.0 cm³/mol. The number of methoxy groups -OCH3 is 1. The Bertz CT molecular complexity index is 234. The van der Waals surface area contributed by atoms with Crippen LogP contribution < -0.4 is 16.4 Å². The number of nitrogens with two attached hydrogens (primary N) is 1. The summed E-state index contributed by atoms with van der Waals surface area (Å²) in [6, 6.07) is 0. The van der Waals surface area contributed by atoms with Gasteiger partial charge in [-0.1, -0.05) is 6.08 Å². The van der Waals surface area contributed by atoms with Gasteiger partial charge in [-0.3, -0.25) is 4.79 Å². The van der Waals surface area contributed by atoms with Gasteiger partial charge in [0.05, 0.1) is 6.61 Å². The molecule has 0 spiro atoms. The van der Waals surface area contributed by atoms with Gasteiger partial charge in [0.1, 0.15) is 6.54 Å². The van der Waals surface area contributed by atoms with Crippen molar-refractivity contribution in [2.24, 2.45) is 10.7 Å². The van der Waals surface area contributed by atoms with Crippen molar-refractivity contribution >= 4 is 35.8 Å². The van der Waals surface area contributed by atoms with Crippen molar-refractivity contribution in [3.63, 3.8) is 0 Å². The Hall–Kier alpha value is -0.830. The lowest BCUT2D eigenvalue weighted by molar-refractivity contribution is -0.119. The number of halogens is 1. The minimum Gasteiger partial charge on any atom is -0.383 e. The lowest BCUT2D eigenvalue weighted by atomic mass is 10.5. The predicted octanol–water partition coefficient (Wildman–Crippen LogP) is -0.543. The molecule has 0 aromatic rings. The topological polar surface area (TPSA) is 88.7 Å². The summed E-state index contributed by atoms with van der Waals surface area (Å²) in [5.74, 6) is 0.0483. The van der Waals surface area contributed by atoms with E-state index in [4.69, 9.17) is 10.5 Å². The first kappa shape index (κ1) is 17.6. The summed E-state index contributed by atoms with van der Waals surface area (Å²) in [5, 5.41) is 5.38. The normalized spacial score (nSPS) is 10.2. The zero-order valence-electron chi connectivity index (χ0n) is 9.36. The van der Waals surface area contributed by atoms with Crippen molar-refractivity contribution in [2.75, 3.05) is 33.4 Å². The Kier molecular flexibility index (Phi) is 13.4. The molecule has 16 heavy (non-hydrogen) atoms. The summed E-state index contributed by atoms with van der Waals surface area (Å²) in [6.07, 6.45) is 1.65. The molecule has 94 valence electrons. The highest BCUT2D eigenvalue weighted by molar-refractivity contribution is 14.0. The molecule has 0 heterocycles. The maximum absolute atomic E-state index is 11.1. The summed E-state index contributed by atoms with van der Waals surface area (Å²) >= 11 is 0. The number of carbonyl (C=O) groups excluding carboxylic acids is 1. The van der Waals surface area contributed by atoms with Gasteiger partial charge in [-0.15, -0.1) is 30.6 Å². The Morgan fingerprint density at radius 2 is 2.25 bits per heavy atom. The highest BCUT2D eigenvalue weighted by Crippen LogP contribution is 1.73. The summed E-state index contributed by atoms with van der Waals surface area (Å²) < 4.78 is 4.77. The van der Waals surface area contributed by atoms with Crippen molar-refractivity contribution in [3.05, 3.63) is 12.7 Å². The third-order valence-electron chi connectivity index (χ3n) is 1.45. The molecule has 0 aliphatic heterocycles. The average Bonchev–Trinajstić information content (AvgIpc) is 2.24. The fourth-order valence-corrected chi connectivity index (χ4v) is 0.738. The molecule has 7 heteroatoms. The van der Waals surface area contributed by atoms with Gasteiger partial charge in [-0.25, -0.2) is 4.99 Å². The van der Waals surface area contributed by atoms with Crippen molar-refractivity contribution in [1.29, 1.82) is 0 Å². The van der Waals surface area contributed by atoms with Crippen LogP contribution in [0.25, 0.3) is 0 Å². The van der Waals surface area contributed by atoms with Gasteiger partial charge < -0.3 is 21.1 Å². The largest absolute Gasteiger partial charge is 0.383 e. The number of amides is 1. The molecule has 0 radical (unpaired) electrons. The second-order valence-electron chi connectivity index (χ2n) is 2.71. The molecule has 0 aromatic carbocycles. The Labute approximate surface area is 113 Å². The lowest BCUT2D eigenvalue weighted by Crippen LogP contribution is -2.34. The fourth-order valence-electron chi connectivity index (χ4n) is 0.738. The zero-order valence-corrected chi connectivity index (χ0v) is 11.7. The first-order chi connectivity index (χ1) is 7.20. The third kappa shape index (κ3) is 11.2. The van der Waals surface area contributed by atoms with Crippen molar-refractivity contribution in [2.45, 2.75) is 0 Å². The molecule has 0 fully saturated rings. The van der Waals surface area contributed by atoms with Crippen LogP contribution >= 0.6 is 24.0 Å². The van der Waals surface area contributed by atoms with E-state index >= 15 is 0 Å². The Balaban J connectivity index is 0. The Morgan fingerprint density at radius 3 is 2.81 bits per heavy atom. The number of nitrogens with one attached hydrogen (secondary N) is 2. The second kappa shape index (κ2) is 12.2. The number of rotatable bonds is 7. The van der Waals surface area contributed by atoms with E-state index in [9.17, 15) is 4.79 Å². The smallest absolute Gasteiger partial charge is 0.241 e. The highest BCUT2D eigenvalue weighted by atomic mass is 127. The van der Waals surface area contributed by atoms with Gasteiger partial charge in [0.25, 0.3) is 0 Å². The average molecular weight is 342 g/mol. The summed E-state index contributed by atoms with van der Waals surface area (Å²) in [5.41, 5.74) is 5.45. The monoisotopic (exact) mass is 342 g/mol. The zero-order chi connectivity index (χ0) is 11.5. The van der Waals surface area contributed by atoms with Gasteiger partial charge in [0.2, 0.25) is 5.91 Å². The van der Waals surface area contributed by atoms with Crippen LogP contribution in [0.3, 0.4) is 0 Å². The SMILES string of the molecule is C=CCNC(N)=NCC(=O)NCCOC.I. The van der Waals surface area contributed by atoms with Gasteiger partial charge in [0, 0.05) is 20.2 Å². The number of hydrogen-bond donors (Lipinski definition) is 3. The molecule has 0 bridgehead atoms. The van der Waals surface area contributed by atoms with Crippen LogP contribution in [0.15, 0.2) is 17.6 Å². The van der Waals surface area contributed by atoms with Crippen LogP contribution in [0.4, 0.5) is 0 Å². The van der Waals surface area contributed by atoms with Gasteiger partial charge in [0.15, 0.2) is 5.96 Å². The van der Waals surface area contributed by atoms with Crippen LogP contribution in [-0.2, 0) is 9.53 Å². The van der Waals surface area contributed by atoms with Crippen molar-refractivity contribution in [3.8, 4) is 0 Å². The number of ether oxygens (including phenoxy) is 1. The maximum Gasteiger partial charge on any atom is 0.241 e. The van der Waals surface area contributed by atoms with E-state index in [1.807, 2.05) is 0 Å². The molecular weight excluding hydrogens is 323 g/mol. The molecule has 0 aliphatic carbocycles. The number of aliphatic imine (C=N–C) groups is 1. The van der Waals surface area contributed by atoms with E-state index in [-0.39, 0.29) is 42.4 Å². The number of carbonyl (C=O) groups is 1. The standard InChI is InChI=1S/C9H18N4O2.HI/c1-3-4-12-9(10)13-7-8(14)11-5-6-15-2;/h3H,1,4-7H2,2H3,(H,11,14)(H3,10,12,13);1H. The van der Waals surface area contributed by atoms with Crippen LogP contribution in [0.2, 0.25) is 0 Å². The van der Waals surface area contributed by atoms with Crippen LogP contribution in [0, 0.1) is 0 Å². The molecule has 4 N–H and O–H groups in total. The molecule has 1 amide bonds. The molecular formula is C9H19IN4O2. The highest BCUT2D eigenvalue weighted by Gasteiger charge is 1.98. The van der Waals surface area contributed by atoms with Crippen molar-refractivity contribution in [1.82, 2.24) is 10.6 Å². The summed E-state index contributed by atoms with van der Waals surface area (Å²) in [6.45, 7) is 5.02. The van der Waals surface area contributed by atoms with Gasteiger partial charge in [-0.05, 0) is 0 Å². The maximum atomic E-state index is 11.1. The first-order valence-corrected chi connectivity index (χ1v) is 4.61.